The second-order valence-electron chi connectivity index (χ2n) is 6.98. The highest BCUT2D eigenvalue weighted by molar-refractivity contribution is 6.34. The Morgan fingerprint density at radius 3 is 2.70 bits per heavy atom. The van der Waals surface area contributed by atoms with Crippen molar-refractivity contribution >= 4 is 22.5 Å². The minimum Gasteiger partial charge on any atom is -0.358 e. The van der Waals surface area contributed by atoms with Gasteiger partial charge in [-0.15, -0.1) is 0 Å². The highest BCUT2D eigenvalue weighted by atomic mass is 35.5. The van der Waals surface area contributed by atoms with Gasteiger partial charge in [0.2, 0.25) is 0 Å². The summed E-state index contributed by atoms with van der Waals surface area (Å²) in [5, 5.41) is 1.95. The molecule has 0 radical (unpaired) electrons. The van der Waals surface area contributed by atoms with E-state index in [1.807, 2.05) is 12.3 Å². The Kier molecular flexibility index (Phi) is 3.65. The Morgan fingerprint density at radius 1 is 1.22 bits per heavy atom. The van der Waals surface area contributed by atoms with Crippen LogP contribution in [0.4, 0.5) is 0 Å². The molecule has 0 spiro atoms. The summed E-state index contributed by atoms with van der Waals surface area (Å²) in [6.07, 6.45) is 5.78. The zero-order valence-corrected chi connectivity index (χ0v) is 14.3. The molecule has 1 aromatic carbocycles. The summed E-state index contributed by atoms with van der Waals surface area (Å²) < 4.78 is 0. The van der Waals surface area contributed by atoms with Crippen LogP contribution in [0.5, 0.6) is 0 Å². The van der Waals surface area contributed by atoms with Crippen LogP contribution in [0.15, 0.2) is 36.5 Å². The molecule has 4 rings (SSSR count). The summed E-state index contributed by atoms with van der Waals surface area (Å²) in [7, 11) is 0. The largest absolute Gasteiger partial charge is 0.358 e. The van der Waals surface area contributed by atoms with E-state index in [-0.39, 0.29) is 0 Å². The first-order valence-corrected chi connectivity index (χ1v) is 8.75. The molecule has 1 N–H and O–H groups in total. The number of benzene rings is 1. The van der Waals surface area contributed by atoms with Gasteiger partial charge >= 0.3 is 0 Å². The van der Waals surface area contributed by atoms with Gasteiger partial charge in [0.25, 0.3) is 0 Å². The van der Waals surface area contributed by atoms with Crippen LogP contribution in [0.3, 0.4) is 0 Å². The lowest BCUT2D eigenvalue weighted by Crippen LogP contribution is -1.92. The molecular formula is C20H21ClN2. The van der Waals surface area contributed by atoms with Crippen LogP contribution in [0.25, 0.3) is 22.0 Å². The van der Waals surface area contributed by atoms with Crippen molar-refractivity contribution in [3.8, 4) is 11.1 Å². The Morgan fingerprint density at radius 2 is 2.04 bits per heavy atom. The average Bonchev–Trinajstić information content (AvgIpc) is 3.24. The molecule has 0 amide bonds. The lowest BCUT2D eigenvalue weighted by Gasteiger charge is -2.06. The van der Waals surface area contributed by atoms with Crippen molar-refractivity contribution in [1.29, 1.82) is 0 Å². The van der Waals surface area contributed by atoms with E-state index in [0.717, 1.165) is 34.0 Å². The number of H-pyrrole nitrogens is 1. The van der Waals surface area contributed by atoms with Gasteiger partial charge in [-0.2, -0.15) is 0 Å². The van der Waals surface area contributed by atoms with Gasteiger partial charge in [-0.1, -0.05) is 31.5 Å². The van der Waals surface area contributed by atoms with Crippen LogP contribution in [-0.4, -0.2) is 9.97 Å². The van der Waals surface area contributed by atoms with Crippen LogP contribution in [0, 0.1) is 5.92 Å². The lowest BCUT2D eigenvalue weighted by atomic mass is 10.0. The van der Waals surface area contributed by atoms with Crippen molar-refractivity contribution < 1.29 is 0 Å². The van der Waals surface area contributed by atoms with E-state index >= 15 is 0 Å². The maximum atomic E-state index is 6.52. The fraction of sp³-hybridized carbons (Fsp3) is 0.350. The zero-order chi connectivity index (χ0) is 16.0. The van der Waals surface area contributed by atoms with E-state index in [2.05, 4.69) is 48.1 Å². The molecule has 1 aliphatic rings. The minimum atomic E-state index is 0.480. The van der Waals surface area contributed by atoms with Crippen LogP contribution in [-0.2, 0) is 6.42 Å². The van der Waals surface area contributed by atoms with Crippen molar-refractivity contribution in [3.63, 3.8) is 0 Å². The molecule has 0 bridgehead atoms. The summed E-state index contributed by atoms with van der Waals surface area (Å²) in [4.78, 5) is 8.12. The Bertz CT molecular complexity index is 842. The first kappa shape index (κ1) is 14.8. The van der Waals surface area contributed by atoms with Crippen LogP contribution < -0.4 is 0 Å². The molecule has 1 saturated carbocycles. The third-order valence-corrected chi connectivity index (χ3v) is 4.99. The number of hydrogen-bond acceptors (Lipinski definition) is 1. The lowest BCUT2D eigenvalue weighted by molar-refractivity contribution is 0.805. The first-order valence-electron chi connectivity index (χ1n) is 8.37. The summed E-state index contributed by atoms with van der Waals surface area (Å²) in [5.41, 5.74) is 5.69. The van der Waals surface area contributed by atoms with Crippen molar-refractivity contribution in [1.82, 2.24) is 9.97 Å². The van der Waals surface area contributed by atoms with Gasteiger partial charge in [0.15, 0.2) is 0 Å². The predicted molar refractivity (Wildman–Crippen MR) is 97.1 cm³/mol. The number of hydrogen-bond donors (Lipinski definition) is 1. The number of nitrogens with zero attached hydrogens (tertiary/aromatic N) is 1. The second kappa shape index (κ2) is 5.68. The molecule has 0 saturated heterocycles. The van der Waals surface area contributed by atoms with Crippen molar-refractivity contribution in [2.45, 2.75) is 39.0 Å². The molecular weight excluding hydrogens is 304 g/mol. The number of fused-ring (bicyclic) bond motifs is 1. The SMILES string of the molecule is CC(C)c1cc2cc(Cl)c(-c3ccc(CC4CC4)nc3)cc2[nH]1. The fourth-order valence-corrected chi connectivity index (χ4v) is 3.31. The maximum absolute atomic E-state index is 6.52. The molecule has 2 heterocycles. The van der Waals surface area contributed by atoms with E-state index in [0.29, 0.717) is 5.92 Å². The van der Waals surface area contributed by atoms with Gasteiger partial charge in [-0.3, -0.25) is 4.98 Å². The molecule has 3 heteroatoms. The van der Waals surface area contributed by atoms with Gasteiger partial charge < -0.3 is 4.98 Å². The summed E-state index contributed by atoms with van der Waals surface area (Å²) >= 11 is 6.52. The molecule has 2 aromatic heterocycles. The van der Waals surface area contributed by atoms with Gasteiger partial charge in [-0.25, -0.2) is 0 Å². The third kappa shape index (κ3) is 3.00. The Labute approximate surface area is 141 Å². The van der Waals surface area contributed by atoms with Crippen LogP contribution >= 0.6 is 11.6 Å². The summed E-state index contributed by atoms with van der Waals surface area (Å²) in [6.45, 7) is 4.38. The summed E-state index contributed by atoms with van der Waals surface area (Å²) in [6, 6.07) is 10.7. The molecule has 1 aliphatic carbocycles. The van der Waals surface area contributed by atoms with Gasteiger partial charge in [0, 0.05) is 44.6 Å². The predicted octanol–water partition coefficient (Wildman–Crippen LogP) is 5.96. The Hall–Kier alpha value is -1.80. The van der Waals surface area contributed by atoms with Gasteiger partial charge in [0.05, 0.1) is 0 Å². The molecule has 118 valence electrons. The first-order chi connectivity index (χ1) is 11.1. The molecule has 3 aromatic rings. The number of aromatic nitrogens is 2. The van der Waals surface area contributed by atoms with Gasteiger partial charge in [0.1, 0.15) is 0 Å². The summed E-state index contributed by atoms with van der Waals surface area (Å²) in [5.74, 6) is 1.34. The molecule has 0 atom stereocenters. The number of halogens is 1. The quantitative estimate of drug-likeness (QED) is 0.630. The van der Waals surface area contributed by atoms with E-state index < -0.39 is 0 Å². The molecule has 1 fully saturated rings. The molecule has 23 heavy (non-hydrogen) atoms. The second-order valence-corrected chi connectivity index (χ2v) is 7.39. The normalized spacial score (nSPS) is 14.8. The van der Waals surface area contributed by atoms with E-state index in [1.54, 1.807) is 0 Å². The number of pyridine rings is 1. The Balaban J connectivity index is 1.70. The standard InChI is InChI=1S/C20H21ClN2/c1-12(2)19-9-15-8-18(21)17(10-20(15)23-19)14-5-6-16(22-11-14)7-13-3-4-13/h5-6,8-13,23H,3-4,7H2,1-2H3. The maximum Gasteiger partial charge on any atom is 0.0492 e. The highest BCUT2D eigenvalue weighted by Gasteiger charge is 2.22. The van der Waals surface area contributed by atoms with E-state index in [1.165, 1.54) is 29.6 Å². The smallest absolute Gasteiger partial charge is 0.0492 e. The topological polar surface area (TPSA) is 28.7 Å². The monoisotopic (exact) mass is 324 g/mol. The van der Waals surface area contributed by atoms with E-state index in [4.69, 9.17) is 11.6 Å². The van der Waals surface area contributed by atoms with Crippen LogP contribution in [0.2, 0.25) is 5.02 Å². The highest BCUT2D eigenvalue weighted by Crippen LogP contribution is 2.35. The number of nitrogens with one attached hydrogen (secondary N) is 1. The van der Waals surface area contributed by atoms with Gasteiger partial charge in [-0.05, 0) is 55.4 Å². The van der Waals surface area contributed by atoms with Crippen molar-refractivity contribution in [2.24, 2.45) is 5.92 Å². The van der Waals surface area contributed by atoms with Crippen molar-refractivity contribution in [2.75, 3.05) is 0 Å². The molecule has 0 unspecified atom stereocenters. The fourth-order valence-electron chi connectivity index (χ4n) is 3.03. The molecule has 2 nitrogen and oxygen atoms in total. The van der Waals surface area contributed by atoms with Crippen molar-refractivity contribution in [3.05, 3.63) is 52.9 Å². The van der Waals surface area contributed by atoms with E-state index in [9.17, 15) is 0 Å². The van der Waals surface area contributed by atoms with Crippen LogP contribution in [0.1, 0.15) is 44.0 Å². The minimum absolute atomic E-state index is 0.480. The average molecular weight is 325 g/mol. The number of aromatic amines is 1. The number of rotatable bonds is 4. The molecule has 0 aliphatic heterocycles. The third-order valence-electron chi connectivity index (χ3n) is 4.68. The zero-order valence-electron chi connectivity index (χ0n) is 13.6.